The molecule has 0 radical (unpaired) electrons. The number of H-pyrrole nitrogens is 1. The molecule has 6 atom stereocenters. The van der Waals surface area contributed by atoms with Gasteiger partial charge in [-0.25, -0.2) is 23.1 Å². The normalized spacial score (nSPS) is 20.4. The number of aliphatic hydroxyl groups is 2. The van der Waals surface area contributed by atoms with E-state index < -0.39 is 81.4 Å². The molecule has 80 heavy (non-hydrogen) atoms. The summed E-state index contributed by atoms with van der Waals surface area (Å²) in [5.74, 6) is 1.16. The molecule has 1 aliphatic carbocycles. The number of phosphoric acid groups is 3. The molecule has 4 aliphatic rings. The number of ether oxygens (including phenoxy) is 1. The molecule has 432 valence electrons. The Bertz CT molecular complexity index is 3640. The average molecular weight is 1190 g/mol. The van der Waals surface area contributed by atoms with Crippen LogP contribution in [0.2, 0.25) is 0 Å². The van der Waals surface area contributed by atoms with Crippen LogP contribution < -0.4 is 31.4 Å². The lowest BCUT2D eigenvalue weighted by atomic mass is 9.83. The second-order valence-corrected chi connectivity index (χ2v) is 25.1. The van der Waals surface area contributed by atoms with Crippen LogP contribution in [0.1, 0.15) is 81.9 Å². The number of aromatic amines is 1. The van der Waals surface area contributed by atoms with Gasteiger partial charge < -0.3 is 49.2 Å². The fraction of sp³-hybridized carbons (Fsp3) is 0.373. The van der Waals surface area contributed by atoms with E-state index in [2.05, 4.69) is 66.1 Å². The molecule has 4 heterocycles. The molecule has 9 N–H and O–H groups in total. The summed E-state index contributed by atoms with van der Waals surface area (Å²) in [5, 5.41) is 25.0. The molecule has 3 aromatic rings. The first kappa shape index (κ1) is 61.9. The molecule has 7 rings (SSSR count). The molecule has 3 aliphatic heterocycles. The van der Waals surface area contributed by atoms with Gasteiger partial charge in [0.05, 0.1) is 23.1 Å². The van der Waals surface area contributed by atoms with Crippen molar-refractivity contribution in [2.45, 2.75) is 95.2 Å². The fourth-order valence-electron chi connectivity index (χ4n) is 9.54. The summed E-state index contributed by atoms with van der Waals surface area (Å²) in [6.07, 6.45) is 4.29. The van der Waals surface area contributed by atoms with Gasteiger partial charge >= 0.3 is 29.2 Å². The lowest BCUT2D eigenvalue weighted by Crippen LogP contribution is -2.38. The number of hydrogen-bond acceptors (Lipinski definition) is 16. The number of allylic oxidation sites excluding steroid dienone is 3. The van der Waals surface area contributed by atoms with Gasteiger partial charge in [0.15, 0.2) is 6.23 Å². The highest BCUT2D eigenvalue weighted by Gasteiger charge is 2.47. The molecule has 1 amide bonds. The van der Waals surface area contributed by atoms with Gasteiger partial charge in [-0.3, -0.25) is 28.2 Å². The van der Waals surface area contributed by atoms with Gasteiger partial charge in [-0.15, -0.1) is 0 Å². The SMILES string of the molecule is CC[N+](CC)=c1ccc2c(/C=C/C=C3/N(CCCCCC(=O)NC/C=C/c4cn([C@@H]5O[C@H](COP(=O)(O)OP(=O)(O)OP(=O)(O)O)[C@@H](O)[C@H]5O)c(=O)[nH]c4=O)c4ccc(S(=O)(=O)O)cc4C3(C)C)c(C)c(-c3ccccc3)oc-2c1. The third kappa shape index (κ3) is 14.8. The van der Waals surface area contributed by atoms with Crippen LogP contribution in [0.3, 0.4) is 0 Å². The number of unbranched alkanes of at least 4 members (excludes halogenated alkanes) is 2. The molecule has 0 bridgehead atoms. The van der Waals surface area contributed by atoms with Crippen LogP contribution in [0.5, 0.6) is 0 Å². The number of aromatic nitrogens is 2. The number of amides is 1. The second kappa shape index (κ2) is 25.2. The van der Waals surface area contributed by atoms with Gasteiger partial charge in [0.25, 0.3) is 15.7 Å². The topological polar surface area (TPSA) is 367 Å². The van der Waals surface area contributed by atoms with Gasteiger partial charge in [0, 0.05) is 65.3 Å². The number of nitrogens with one attached hydrogen (secondary N) is 2. The zero-order valence-corrected chi connectivity index (χ0v) is 47.5. The maximum absolute atomic E-state index is 12.9. The monoisotopic (exact) mass is 1190 g/mol. The Hall–Kier alpha value is -5.76. The lowest BCUT2D eigenvalue weighted by Gasteiger charge is -2.27. The minimum atomic E-state index is -5.86. The zero-order chi connectivity index (χ0) is 58.5. The van der Waals surface area contributed by atoms with Crippen molar-refractivity contribution in [1.29, 1.82) is 0 Å². The Labute approximate surface area is 459 Å². The zero-order valence-electron chi connectivity index (χ0n) is 44.0. The lowest BCUT2D eigenvalue weighted by molar-refractivity contribution is -0.121. The number of aliphatic hydroxyl groups excluding tert-OH is 2. The number of fused-ring (bicyclic) bond motifs is 2. The molecule has 2 aromatic carbocycles. The summed E-state index contributed by atoms with van der Waals surface area (Å²) in [4.78, 5) is 78.9. The Morgan fingerprint density at radius 2 is 1.62 bits per heavy atom. The first-order chi connectivity index (χ1) is 37.5. The maximum Gasteiger partial charge on any atom is 0.490 e. The molecule has 25 nitrogen and oxygen atoms in total. The first-order valence-corrected chi connectivity index (χ1v) is 31.1. The summed E-state index contributed by atoms with van der Waals surface area (Å²) in [6.45, 7) is 11.2. The van der Waals surface area contributed by atoms with Crippen molar-refractivity contribution >= 4 is 57.3 Å². The Kier molecular flexibility index (Phi) is 19.5. The molecule has 29 heteroatoms. The van der Waals surface area contributed by atoms with Crippen LogP contribution in [-0.2, 0) is 51.9 Å². The number of benzene rings is 3. The highest BCUT2D eigenvalue weighted by molar-refractivity contribution is 7.85. The van der Waals surface area contributed by atoms with Gasteiger partial charge in [0.1, 0.15) is 42.9 Å². The van der Waals surface area contributed by atoms with E-state index in [1.165, 1.54) is 24.3 Å². The summed E-state index contributed by atoms with van der Waals surface area (Å²) >= 11 is 0. The molecule has 0 saturated carbocycles. The van der Waals surface area contributed by atoms with E-state index in [4.69, 9.17) is 18.9 Å². The standard InChI is InChI=1S/C51H62N5O20P3S/c1-6-54(7-2)35-22-24-38-37(32(3)47(73-41(38)28-35)33-16-10-8-11-17-33)19-14-20-43-51(4,5)39-29-36(80(69,70)71)23-25-40(39)55(43)27-13-9-12-21-44(57)52-26-15-18-34-30-56(50(61)53-48(34)60)49-46(59)45(58)42(74-49)31-72-78(65,66)76-79(67,68)75-77(62,63)64/h8,10-11,14-20,22-25,28-30,42,45-46,49,58-59H,6-7,9,12-13,21,26-27,31H2,1-5H3,(H6-,52,53,57,60,61,62,63,64,65,66,67,68,69,70,71)/p+1/b18-15+/t42-,45-,46-,49-/m1/s1. The minimum absolute atomic E-state index is 0.0494. The van der Waals surface area contributed by atoms with Crippen LogP contribution in [-0.4, -0.2) is 109 Å². The number of hydrogen-bond donors (Lipinski definition) is 9. The molecule has 1 aromatic heterocycles. The average Bonchev–Trinajstić information content (AvgIpc) is 3.94. The van der Waals surface area contributed by atoms with Crippen LogP contribution >= 0.6 is 23.5 Å². The summed E-state index contributed by atoms with van der Waals surface area (Å²) in [6, 6.07) is 20.7. The van der Waals surface area contributed by atoms with Crippen molar-refractivity contribution < 1.29 is 83.5 Å². The number of carbonyl (C=O) groups is 1. The number of carbonyl (C=O) groups excluding carboxylic acids is 1. The Balaban J connectivity index is 0.994. The van der Waals surface area contributed by atoms with Crippen LogP contribution in [0.15, 0.2) is 116 Å². The predicted octanol–water partition coefficient (Wildman–Crippen LogP) is 5.32. The first-order valence-electron chi connectivity index (χ1n) is 25.1. The molecule has 0 spiro atoms. The predicted molar refractivity (Wildman–Crippen MR) is 293 cm³/mol. The maximum atomic E-state index is 12.9. The molecule has 1 saturated heterocycles. The van der Waals surface area contributed by atoms with Crippen molar-refractivity contribution in [3.05, 3.63) is 145 Å². The van der Waals surface area contributed by atoms with E-state index in [1.54, 1.807) is 6.07 Å². The molecular weight excluding hydrogens is 1130 g/mol. The van der Waals surface area contributed by atoms with E-state index in [9.17, 15) is 61.0 Å². The van der Waals surface area contributed by atoms with Crippen molar-refractivity contribution in [1.82, 2.24) is 19.4 Å². The number of nitrogens with zero attached hydrogens (tertiary/aromatic N) is 3. The highest BCUT2D eigenvalue weighted by Crippen LogP contribution is 2.66. The van der Waals surface area contributed by atoms with Crippen molar-refractivity contribution in [2.24, 2.45) is 0 Å². The van der Waals surface area contributed by atoms with Gasteiger partial charge in [0.2, 0.25) is 11.3 Å². The second-order valence-electron chi connectivity index (χ2n) is 19.2. The van der Waals surface area contributed by atoms with E-state index >= 15 is 0 Å². The Morgan fingerprint density at radius 1 is 0.912 bits per heavy atom. The summed E-state index contributed by atoms with van der Waals surface area (Å²) in [7, 11) is -21.7. The quantitative estimate of drug-likeness (QED) is 0.0173. The Morgan fingerprint density at radius 3 is 2.30 bits per heavy atom. The summed E-state index contributed by atoms with van der Waals surface area (Å²) < 4.78 is 96.1. The van der Waals surface area contributed by atoms with Crippen LogP contribution in [0.4, 0.5) is 5.69 Å². The highest BCUT2D eigenvalue weighted by atomic mass is 32.2. The summed E-state index contributed by atoms with van der Waals surface area (Å²) in [5.41, 5.74) is 3.29. The fourth-order valence-corrected chi connectivity index (χ4v) is 13.1. The van der Waals surface area contributed by atoms with Crippen LogP contribution in [0, 0.1) is 6.92 Å². The van der Waals surface area contributed by atoms with Crippen LogP contribution in [0.25, 0.3) is 34.8 Å². The molecule has 2 unspecified atom stereocenters. The van der Waals surface area contributed by atoms with E-state index in [1.807, 2.05) is 68.2 Å². The van der Waals surface area contributed by atoms with Crippen molar-refractivity contribution in [2.75, 3.05) is 37.7 Å². The van der Waals surface area contributed by atoms with E-state index in [0.29, 0.717) is 35.9 Å². The third-order valence-electron chi connectivity index (χ3n) is 13.5. The van der Waals surface area contributed by atoms with Gasteiger partial charge in [-0.2, -0.15) is 17.0 Å². The van der Waals surface area contributed by atoms with E-state index in [0.717, 1.165) is 69.8 Å². The van der Waals surface area contributed by atoms with E-state index in [-0.39, 0.29) is 29.3 Å². The largest absolute Gasteiger partial charge is 0.490 e. The molecular formula is C51H63N5O20P3S+. The third-order valence-corrected chi connectivity index (χ3v) is 18.1. The van der Waals surface area contributed by atoms with Crippen molar-refractivity contribution in [3.63, 3.8) is 0 Å². The number of rotatable bonds is 23. The number of anilines is 1. The minimum Gasteiger partial charge on any atom is -0.456 e. The van der Waals surface area contributed by atoms with Crippen molar-refractivity contribution in [3.8, 4) is 22.6 Å². The van der Waals surface area contributed by atoms with Gasteiger partial charge in [-0.05, 0) is 75.1 Å². The smallest absolute Gasteiger partial charge is 0.456 e. The molecule has 1 fully saturated rings. The van der Waals surface area contributed by atoms with Gasteiger partial charge in [-0.1, -0.05) is 74.9 Å². The number of phosphoric ester groups is 1.